The average molecular weight is 402 g/mol. The first-order chi connectivity index (χ1) is 10.5. The van der Waals surface area contributed by atoms with E-state index < -0.39 is 21.7 Å². The third-order valence-electron chi connectivity index (χ3n) is 3.85. The molecule has 0 radical (unpaired) electrons. The molecule has 12 heteroatoms. The van der Waals surface area contributed by atoms with Crippen LogP contribution in [0.15, 0.2) is 4.76 Å². The lowest BCUT2D eigenvalue weighted by Gasteiger charge is -2.38. The zero-order valence-corrected chi connectivity index (χ0v) is 17.9. The fraction of sp³-hybridized carbons (Fsp3) is 0.900. The van der Waals surface area contributed by atoms with Crippen molar-refractivity contribution in [3.63, 3.8) is 0 Å². The molecular formula is C10H27N7P3S2+3. The quantitative estimate of drug-likeness (QED) is 0.425. The Hall–Kier alpha value is 1.42. The lowest BCUT2D eigenvalue weighted by atomic mass is 10.8. The highest BCUT2D eigenvalue weighted by atomic mass is 32.8. The number of rotatable bonds is 3. The van der Waals surface area contributed by atoms with Gasteiger partial charge in [0.2, 0.25) is 0 Å². The molecule has 0 bridgehead atoms. The molecule has 0 aromatic carbocycles. The minimum atomic E-state index is -1.96. The average Bonchev–Trinajstić information content (AvgIpc) is 2.95. The molecule has 126 valence electrons. The molecule has 2 atom stereocenters. The Kier molecular flexibility index (Phi) is 5.77. The summed E-state index contributed by atoms with van der Waals surface area (Å²) in [6.07, 6.45) is 1.94. The monoisotopic (exact) mass is 402 g/mol. The first-order valence-electron chi connectivity index (χ1n) is 7.53. The maximum Gasteiger partial charge on any atom is 0.420 e. The largest absolute Gasteiger partial charge is 0.420 e. The zero-order chi connectivity index (χ0) is 15.8. The van der Waals surface area contributed by atoms with Gasteiger partial charge < -0.3 is 0 Å². The molecule has 0 amide bonds. The predicted molar refractivity (Wildman–Crippen MR) is 108 cm³/mol. The van der Waals surface area contributed by atoms with Crippen LogP contribution < -0.4 is 19.7 Å². The molecule has 3 heterocycles. The summed E-state index contributed by atoms with van der Waals surface area (Å²) < 4.78 is 9.91. The molecular weight excluding hydrogens is 375 g/mol. The third kappa shape index (κ3) is 3.13. The molecule has 0 aromatic rings. The molecule has 22 heavy (non-hydrogen) atoms. The van der Waals surface area contributed by atoms with E-state index in [9.17, 15) is 0 Å². The number of hydrogen-bond donors (Lipinski definition) is 4. The van der Waals surface area contributed by atoms with Gasteiger partial charge in [0.15, 0.2) is 0 Å². The Morgan fingerprint density at radius 1 is 1.09 bits per heavy atom. The van der Waals surface area contributed by atoms with Crippen molar-refractivity contribution in [1.29, 1.82) is 0 Å². The fourth-order valence-corrected chi connectivity index (χ4v) is 27.5. The van der Waals surface area contributed by atoms with Crippen LogP contribution in [0.3, 0.4) is 0 Å². The Balaban J connectivity index is 2.01. The maximum absolute atomic E-state index is 4.90. The highest BCUT2D eigenvalue weighted by molar-refractivity contribution is 8.68. The molecule has 3 fully saturated rings. The van der Waals surface area contributed by atoms with Gasteiger partial charge >= 0.3 is 21.7 Å². The molecule has 3 rings (SSSR count). The summed E-state index contributed by atoms with van der Waals surface area (Å²) in [6, 6.07) is 0. The summed E-state index contributed by atoms with van der Waals surface area (Å²) in [5.74, 6) is 2.36. The summed E-state index contributed by atoms with van der Waals surface area (Å²) in [7, 11) is 2.52. The van der Waals surface area contributed by atoms with Crippen LogP contribution in [0.25, 0.3) is 0 Å². The van der Waals surface area contributed by atoms with E-state index in [2.05, 4.69) is 72.8 Å². The lowest BCUT2D eigenvalue weighted by molar-refractivity contribution is 0.569. The van der Waals surface area contributed by atoms with Gasteiger partial charge in [0.05, 0.1) is 47.4 Å². The predicted octanol–water partition coefficient (Wildman–Crippen LogP) is 2.86. The Labute approximate surface area is 143 Å². The second-order valence-corrected chi connectivity index (χ2v) is 19.3. The highest BCUT2D eigenvalue weighted by Gasteiger charge is 2.78. The molecule has 3 saturated heterocycles. The van der Waals surface area contributed by atoms with Gasteiger partial charge in [-0.05, 0) is 13.8 Å². The third-order valence-corrected chi connectivity index (χ3v) is 23.6. The van der Waals surface area contributed by atoms with Crippen molar-refractivity contribution >= 4 is 50.7 Å². The van der Waals surface area contributed by atoms with Crippen molar-refractivity contribution in [1.82, 2.24) is 29.0 Å². The Morgan fingerprint density at radius 3 is 2.00 bits per heavy atom. The number of hydrogen-bond acceptors (Lipinski definition) is 9. The molecule has 0 saturated carbocycles. The van der Waals surface area contributed by atoms with Gasteiger partial charge in [-0.25, -0.2) is 0 Å². The molecule has 0 aromatic heterocycles. The van der Waals surface area contributed by atoms with Gasteiger partial charge in [-0.2, -0.15) is 0 Å². The summed E-state index contributed by atoms with van der Waals surface area (Å²) in [5.41, 5.74) is 0. The normalized spacial score (nSPS) is 44.0. The van der Waals surface area contributed by atoms with Crippen molar-refractivity contribution in [2.24, 2.45) is 4.76 Å². The first-order valence-corrected chi connectivity index (χ1v) is 15.9. The summed E-state index contributed by atoms with van der Waals surface area (Å²) in [4.78, 5) is 11.9. The van der Waals surface area contributed by atoms with Crippen LogP contribution in [0.5, 0.6) is 0 Å². The van der Waals surface area contributed by atoms with E-state index in [4.69, 9.17) is 4.76 Å². The van der Waals surface area contributed by atoms with Crippen molar-refractivity contribution in [2.45, 2.75) is 13.8 Å². The minimum Gasteiger partial charge on any atom is -0.136 e. The molecule has 4 N–H and O–H groups in total. The molecule has 3 aliphatic heterocycles. The van der Waals surface area contributed by atoms with Crippen LogP contribution in [0.2, 0.25) is 0 Å². The van der Waals surface area contributed by atoms with Gasteiger partial charge in [0.1, 0.15) is 0 Å². The van der Waals surface area contributed by atoms with E-state index >= 15 is 0 Å². The Morgan fingerprint density at radius 2 is 1.64 bits per heavy atom. The van der Waals surface area contributed by atoms with E-state index in [1.807, 2.05) is 13.1 Å². The van der Waals surface area contributed by atoms with E-state index in [1.54, 1.807) is 0 Å². The molecule has 7 nitrogen and oxygen atoms in total. The van der Waals surface area contributed by atoms with Gasteiger partial charge in [0, 0.05) is 41.4 Å². The van der Waals surface area contributed by atoms with Crippen LogP contribution in [-0.2, 0) is 0 Å². The number of nitrogens with one attached hydrogen (secondary N) is 4. The van der Waals surface area contributed by atoms with Crippen LogP contribution in [0.4, 0.5) is 0 Å². The second-order valence-electron chi connectivity index (χ2n) is 5.40. The molecule has 3 aliphatic rings. The van der Waals surface area contributed by atoms with Crippen molar-refractivity contribution in [3.05, 3.63) is 0 Å². The van der Waals surface area contributed by atoms with E-state index in [0.717, 1.165) is 19.6 Å². The van der Waals surface area contributed by atoms with Gasteiger partial charge in [-0.3, -0.25) is 0 Å². The standard InChI is InChI=1S/C10H27N7P3S2/c1-5-11-18(12-6-2)13-19(16(3)7-9-21-19)15-20(14-18)17(4)8-10-22-20/h5,12-15H,6-10H2,1-4H3/q+3. The van der Waals surface area contributed by atoms with Crippen LogP contribution in [0.1, 0.15) is 13.8 Å². The second kappa shape index (κ2) is 6.97. The topological polar surface area (TPSA) is 67.0 Å². The van der Waals surface area contributed by atoms with Crippen LogP contribution >= 0.6 is 44.5 Å². The highest BCUT2D eigenvalue weighted by Crippen LogP contribution is 2.89. The Bertz CT molecular complexity index is 430. The molecule has 2 unspecified atom stereocenters. The molecule has 2 spiro atoms. The van der Waals surface area contributed by atoms with E-state index in [-0.39, 0.29) is 0 Å². The van der Waals surface area contributed by atoms with Crippen LogP contribution in [0, 0.1) is 0 Å². The van der Waals surface area contributed by atoms with Gasteiger partial charge in [0.25, 0.3) is 0 Å². The summed E-state index contributed by atoms with van der Waals surface area (Å²) in [5, 5.41) is 3.67. The SMILES string of the molecule is CC=N[P+]1(NCC)N[P+]2(N[P+]3(N1)SCCN3C)SCCN2C. The minimum absolute atomic E-state index is 0.911. The lowest BCUT2D eigenvalue weighted by Crippen LogP contribution is -2.50. The van der Waals surface area contributed by atoms with Crippen molar-refractivity contribution < 1.29 is 0 Å². The van der Waals surface area contributed by atoms with Gasteiger partial charge in [-0.1, -0.05) is 4.76 Å². The van der Waals surface area contributed by atoms with E-state index in [1.165, 1.54) is 11.5 Å². The van der Waals surface area contributed by atoms with Gasteiger partial charge in [-0.15, -0.1) is 14.4 Å². The van der Waals surface area contributed by atoms with Crippen LogP contribution in [-0.4, -0.2) is 60.8 Å². The van der Waals surface area contributed by atoms with Crippen molar-refractivity contribution in [2.75, 3.05) is 45.2 Å². The zero-order valence-electron chi connectivity index (χ0n) is 13.6. The van der Waals surface area contributed by atoms with Crippen molar-refractivity contribution in [3.8, 4) is 0 Å². The maximum atomic E-state index is 4.90. The summed E-state index contributed by atoms with van der Waals surface area (Å²) in [6.45, 7) is 4.11. The number of nitrogens with zero attached hydrogens (tertiary/aromatic N) is 3. The van der Waals surface area contributed by atoms with E-state index in [0.29, 0.717) is 0 Å². The first kappa shape index (κ1) is 18.2. The fourth-order valence-electron chi connectivity index (χ4n) is 2.72. The molecule has 0 aliphatic carbocycles. The summed E-state index contributed by atoms with van der Waals surface area (Å²) >= 11 is 4.13. The smallest absolute Gasteiger partial charge is 0.136 e.